The first-order chi connectivity index (χ1) is 9.96. The minimum Gasteiger partial charge on any atom is -0.507 e. The van der Waals surface area contributed by atoms with E-state index in [0.29, 0.717) is 5.75 Å². The van der Waals surface area contributed by atoms with Crippen molar-refractivity contribution < 1.29 is 5.11 Å². The molecule has 1 aromatic rings. The van der Waals surface area contributed by atoms with E-state index in [1.54, 1.807) is 0 Å². The Morgan fingerprint density at radius 3 is 2.33 bits per heavy atom. The molecule has 0 bridgehead atoms. The molecule has 1 aromatic carbocycles. The van der Waals surface area contributed by atoms with Crippen LogP contribution in [-0.4, -0.2) is 10.9 Å². The Kier molecular flexibility index (Phi) is 8.24. The largest absolute Gasteiger partial charge is 0.507 e. The summed E-state index contributed by atoms with van der Waals surface area (Å²) in [7, 11) is 0. The Bertz CT molecular complexity index is 407. The summed E-state index contributed by atoms with van der Waals surface area (Å²) in [6.45, 7) is 8.70. The third-order valence-corrected chi connectivity index (χ3v) is 4.92. The van der Waals surface area contributed by atoms with Gasteiger partial charge in [0.15, 0.2) is 0 Å². The first-order valence-electron chi connectivity index (χ1n) is 8.36. The van der Waals surface area contributed by atoms with Crippen molar-refractivity contribution in [2.24, 2.45) is 0 Å². The number of phenols is 1. The van der Waals surface area contributed by atoms with Crippen LogP contribution in [0.25, 0.3) is 0 Å². The van der Waals surface area contributed by atoms with Crippen molar-refractivity contribution in [1.29, 1.82) is 0 Å². The Morgan fingerprint density at radius 2 is 1.67 bits per heavy atom. The number of phenolic OH excluding ortho intramolecular Hbond substituents is 1. The fourth-order valence-corrected chi connectivity index (χ4v) is 3.49. The minimum atomic E-state index is 0.00401. The fraction of sp³-hybridized carbons (Fsp3) is 0.684. The number of hydrogen-bond donors (Lipinski definition) is 1. The fourth-order valence-electron chi connectivity index (χ4n) is 2.48. The van der Waals surface area contributed by atoms with Crippen LogP contribution in [0.1, 0.15) is 77.3 Å². The van der Waals surface area contributed by atoms with Gasteiger partial charge in [0.1, 0.15) is 5.75 Å². The molecule has 0 unspecified atom stereocenters. The highest BCUT2D eigenvalue weighted by atomic mass is 32.2. The molecule has 0 radical (unpaired) electrons. The molecule has 0 aromatic heterocycles. The van der Waals surface area contributed by atoms with Crippen molar-refractivity contribution >= 4 is 11.8 Å². The van der Waals surface area contributed by atoms with Crippen molar-refractivity contribution in [2.75, 3.05) is 5.75 Å². The van der Waals surface area contributed by atoms with E-state index >= 15 is 0 Å². The van der Waals surface area contributed by atoms with Crippen LogP contribution in [0.5, 0.6) is 5.75 Å². The third kappa shape index (κ3) is 6.78. The Labute approximate surface area is 135 Å². The van der Waals surface area contributed by atoms with Gasteiger partial charge >= 0.3 is 0 Å². The van der Waals surface area contributed by atoms with Crippen LogP contribution in [0.2, 0.25) is 0 Å². The number of unbranched alkanes of at least 4 members (excludes halogenated alkanes) is 5. The first kappa shape index (κ1) is 18.4. The third-order valence-electron chi connectivity index (χ3n) is 3.83. The lowest BCUT2D eigenvalue weighted by molar-refractivity contribution is 0.442. The molecule has 0 fully saturated rings. The Morgan fingerprint density at radius 1 is 1.00 bits per heavy atom. The Balaban J connectivity index is 2.33. The summed E-state index contributed by atoms with van der Waals surface area (Å²) in [6.07, 6.45) is 8.10. The molecule has 1 N–H and O–H groups in total. The molecular weight excluding hydrogens is 276 g/mol. The predicted octanol–water partition coefficient (Wildman–Crippen LogP) is 6.28. The molecule has 21 heavy (non-hydrogen) atoms. The lowest BCUT2D eigenvalue weighted by Gasteiger charge is -2.21. The second kappa shape index (κ2) is 9.40. The maximum absolute atomic E-state index is 10.4. The summed E-state index contributed by atoms with van der Waals surface area (Å²) in [4.78, 5) is 0. The van der Waals surface area contributed by atoms with Crippen molar-refractivity contribution in [2.45, 2.75) is 77.4 Å². The van der Waals surface area contributed by atoms with Crippen molar-refractivity contribution in [1.82, 2.24) is 0 Å². The molecule has 0 saturated heterocycles. The van der Waals surface area contributed by atoms with Gasteiger partial charge < -0.3 is 5.11 Å². The summed E-state index contributed by atoms with van der Waals surface area (Å²) in [5, 5.41) is 10.4. The van der Waals surface area contributed by atoms with Gasteiger partial charge in [-0.05, 0) is 23.2 Å². The van der Waals surface area contributed by atoms with Crippen LogP contribution in [0.15, 0.2) is 18.2 Å². The molecule has 2 heteroatoms. The van der Waals surface area contributed by atoms with Crippen LogP contribution >= 0.6 is 11.8 Å². The average Bonchev–Trinajstić information content (AvgIpc) is 2.42. The molecule has 0 heterocycles. The van der Waals surface area contributed by atoms with E-state index in [4.69, 9.17) is 0 Å². The van der Waals surface area contributed by atoms with Crippen LogP contribution in [0.4, 0.5) is 0 Å². The second-order valence-corrected chi connectivity index (χ2v) is 7.99. The lowest BCUT2D eigenvalue weighted by atomic mass is 9.85. The lowest BCUT2D eigenvalue weighted by Crippen LogP contribution is -2.11. The van der Waals surface area contributed by atoms with Gasteiger partial charge in [-0.2, -0.15) is 11.8 Å². The van der Waals surface area contributed by atoms with Gasteiger partial charge in [0, 0.05) is 11.3 Å². The zero-order valence-electron chi connectivity index (χ0n) is 14.2. The molecule has 120 valence electrons. The van der Waals surface area contributed by atoms with Gasteiger partial charge in [-0.1, -0.05) is 78.0 Å². The standard InChI is InChI=1S/C19H32OS/c1-5-6-7-8-9-10-14-21-15-16-12-11-13-17(18(16)20)19(2,3)4/h11-13,20H,5-10,14-15H2,1-4H3. The molecule has 0 amide bonds. The monoisotopic (exact) mass is 308 g/mol. The van der Waals surface area contributed by atoms with Crippen molar-refractivity contribution in [3.63, 3.8) is 0 Å². The average molecular weight is 309 g/mol. The molecular formula is C19H32OS. The first-order valence-corrected chi connectivity index (χ1v) is 9.51. The molecule has 0 aliphatic carbocycles. The highest BCUT2D eigenvalue weighted by Gasteiger charge is 2.19. The normalized spacial score (nSPS) is 11.8. The zero-order chi connectivity index (χ0) is 15.7. The highest BCUT2D eigenvalue weighted by molar-refractivity contribution is 7.98. The number of para-hydroxylation sites is 1. The van der Waals surface area contributed by atoms with Crippen LogP contribution in [0.3, 0.4) is 0 Å². The van der Waals surface area contributed by atoms with E-state index in [1.165, 1.54) is 44.3 Å². The zero-order valence-corrected chi connectivity index (χ0v) is 15.1. The Hall–Kier alpha value is -0.630. The predicted molar refractivity (Wildman–Crippen MR) is 96.3 cm³/mol. The SMILES string of the molecule is CCCCCCCCSCc1cccc(C(C)(C)C)c1O. The summed E-state index contributed by atoms with van der Waals surface area (Å²) < 4.78 is 0. The molecule has 1 nitrogen and oxygen atoms in total. The van der Waals surface area contributed by atoms with E-state index in [1.807, 2.05) is 17.8 Å². The van der Waals surface area contributed by atoms with E-state index in [9.17, 15) is 5.11 Å². The highest BCUT2D eigenvalue weighted by Crippen LogP contribution is 2.34. The molecule has 0 saturated carbocycles. The summed E-state index contributed by atoms with van der Waals surface area (Å²) >= 11 is 1.94. The van der Waals surface area contributed by atoms with Gasteiger partial charge in [-0.15, -0.1) is 0 Å². The van der Waals surface area contributed by atoms with E-state index in [0.717, 1.165) is 16.9 Å². The summed E-state index contributed by atoms with van der Waals surface area (Å²) in [6, 6.07) is 6.16. The van der Waals surface area contributed by atoms with Crippen molar-refractivity contribution in [3.8, 4) is 5.75 Å². The number of hydrogen-bond acceptors (Lipinski definition) is 2. The van der Waals surface area contributed by atoms with Gasteiger partial charge in [-0.25, -0.2) is 0 Å². The topological polar surface area (TPSA) is 20.2 Å². The van der Waals surface area contributed by atoms with E-state index < -0.39 is 0 Å². The number of rotatable bonds is 9. The summed E-state index contributed by atoms with van der Waals surface area (Å²) in [5.41, 5.74) is 2.14. The van der Waals surface area contributed by atoms with Gasteiger partial charge in [0.05, 0.1) is 0 Å². The summed E-state index contributed by atoms with van der Waals surface area (Å²) in [5.74, 6) is 2.62. The smallest absolute Gasteiger partial charge is 0.123 e. The molecule has 0 spiro atoms. The quantitative estimate of drug-likeness (QED) is 0.541. The van der Waals surface area contributed by atoms with Gasteiger partial charge in [0.2, 0.25) is 0 Å². The maximum Gasteiger partial charge on any atom is 0.123 e. The van der Waals surface area contributed by atoms with Crippen molar-refractivity contribution in [3.05, 3.63) is 29.3 Å². The minimum absolute atomic E-state index is 0.00401. The molecule has 0 aliphatic heterocycles. The van der Waals surface area contributed by atoms with Crippen LogP contribution in [0, 0.1) is 0 Å². The number of benzene rings is 1. The number of thioether (sulfide) groups is 1. The van der Waals surface area contributed by atoms with E-state index in [2.05, 4.69) is 39.8 Å². The maximum atomic E-state index is 10.4. The van der Waals surface area contributed by atoms with E-state index in [-0.39, 0.29) is 5.41 Å². The van der Waals surface area contributed by atoms with Crippen LogP contribution in [-0.2, 0) is 11.2 Å². The molecule has 0 atom stereocenters. The molecule has 1 rings (SSSR count). The second-order valence-electron chi connectivity index (χ2n) is 6.88. The molecule has 0 aliphatic rings. The van der Waals surface area contributed by atoms with Crippen LogP contribution < -0.4 is 0 Å². The number of aromatic hydroxyl groups is 1. The van der Waals surface area contributed by atoms with Gasteiger partial charge in [0.25, 0.3) is 0 Å². The van der Waals surface area contributed by atoms with Gasteiger partial charge in [-0.3, -0.25) is 0 Å².